The summed E-state index contributed by atoms with van der Waals surface area (Å²) in [5.74, 6) is 2.67. The number of carbonyl (C=O) groups is 2. The van der Waals surface area contributed by atoms with Gasteiger partial charge in [-0.3, -0.25) is 19.7 Å². The summed E-state index contributed by atoms with van der Waals surface area (Å²) >= 11 is 0. The molecule has 328 valence electrons. The number of piperazine rings is 1. The van der Waals surface area contributed by atoms with Gasteiger partial charge in [-0.1, -0.05) is 72.2 Å². The summed E-state index contributed by atoms with van der Waals surface area (Å²) in [6.07, 6.45) is 14.5. The van der Waals surface area contributed by atoms with Crippen LogP contribution < -0.4 is 10.6 Å². The number of ether oxygens (including phenoxy) is 1. The van der Waals surface area contributed by atoms with Crippen LogP contribution in [0.3, 0.4) is 0 Å². The number of nitro groups is 1. The molecule has 0 spiro atoms. The van der Waals surface area contributed by atoms with Crippen LogP contribution in [-0.2, 0) is 20.9 Å². The molecule has 10 nitrogen and oxygen atoms in total. The van der Waals surface area contributed by atoms with E-state index >= 15 is 0 Å². The van der Waals surface area contributed by atoms with Gasteiger partial charge < -0.3 is 25.2 Å². The van der Waals surface area contributed by atoms with Crippen molar-refractivity contribution < 1.29 is 19.2 Å². The minimum atomic E-state index is -0.359. The first-order valence-corrected chi connectivity index (χ1v) is 23.5. The van der Waals surface area contributed by atoms with Gasteiger partial charge in [0, 0.05) is 63.7 Å². The fraction of sp³-hybridized carbons (Fsp3) is 0.796. The second-order valence-electron chi connectivity index (χ2n) is 21.5. The summed E-state index contributed by atoms with van der Waals surface area (Å²) in [5, 5.41) is 17.9. The number of non-ortho nitro benzene ring substituents is 1. The fourth-order valence-corrected chi connectivity index (χ4v) is 14.6. The Hall–Kier alpha value is -2.82. The fourth-order valence-electron chi connectivity index (χ4n) is 14.6. The van der Waals surface area contributed by atoms with Gasteiger partial charge in [0.25, 0.3) is 5.69 Å². The van der Waals surface area contributed by atoms with Crippen LogP contribution in [0.2, 0.25) is 0 Å². The van der Waals surface area contributed by atoms with Gasteiger partial charge in [-0.25, -0.2) is 0 Å². The SMILES string of the molecule is CC(=O)O[C@H]1CC[C@]2(C)[C@H]3CC=C4[C@@H]5[C@@H](C)[C@H](C)CC[C@]5(C(=O)NCCCN5CCN(CCCNCc6ccc([N+](=O)[O-])cc6)CC5)CC[C@@]4(C)[C@]3(C)CC[C@H]2C1(C)C. The van der Waals surface area contributed by atoms with Crippen molar-refractivity contribution >= 4 is 17.6 Å². The van der Waals surface area contributed by atoms with Gasteiger partial charge in [0.15, 0.2) is 0 Å². The van der Waals surface area contributed by atoms with Crippen LogP contribution >= 0.6 is 0 Å². The first-order valence-electron chi connectivity index (χ1n) is 23.5. The number of amides is 1. The molecule has 59 heavy (non-hydrogen) atoms. The zero-order valence-electron chi connectivity index (χ0n) is 37.9. The second kappa shape index (κ2) is 17.2. The van der Waals surface area contributed by atoms with Crippen LogP contribution in [-0.4, -0.2) is 85.1 Å². The van der Waals surface area contributed by atoms with E-state index in [9.17, 15) is 19.7 Å². The number of carbonyl (C=O) groups excluding carboxylic acids is 2. The monoisotopic (exact) mass is 816 g/mol. The molecule has 1 heterocycles. The third-order valence-electron chi connectivity index (χ3n) is 18.4. The van der Waals surface area contributed by atoms with Crippen molar-refractivity contribution in [3.8, 4) is 0 Å². The highest BCUT2D eigenvalue weighted by molar-refractivity contribution is 5.84. The molecule has 0 aromatic heterocycles. The quantitative estimate of drug-likeness (QED) is 0.0668. The lowest BCUT2D eigenvalue weighted by atomic mass is 9.33. The number of fused-ring (bicyclic) bond motifs is 7. The number of benzene rings is 1. The van der Waals surface area contributed by atoms with Gasteiger partial charge in [-0.15, -0.1) is 0 Å². The molecule has 7 rings (SSSR count). The third-order valence-corrected chi connectivity index (χ3v) is 18.4. The molecule has 4 saturated carbocycles. The normalized spacial score (nSPS) is 38.1. The van der Waals surface area contributed by atoms with Gasteiger partial charge in [0.05, 0.1) is 10.3 Å². The summed E-state index contributed by atoms with van der Waals surface area (Å²) in [7, 11) is 0. The maximum absolute atomic E-state index is 14.7. The molecule has 2 N–H and O–H groups in total. The highest BCUT2D eigenvalue weighted by Gasteiger charge is 2.69. The molecule has 0 radical (unpaired) electrons. The highest BCUT2D eigenvalue weighted by atomic mass is 16.6. The van der Waals surface area contributed by atoms with E-state index in [1.165, 1.54) is 12.8 Å². The molecule has 6 aliphatic rings. The molecular weight excluding hydrogens is 739 g/mol. The number of rotatable bonds is 13. The second-order valence-corrected chi connectivity index (χ2v) is 21.5. The average Bonchev–Trinajstić information content (AvgIpc) is 3.19. The number of nitrogens with one attached hydrogen (secondary N) is 2. The van der Waals surface area contributed by atoms with E-state index in [-0.39, 0.29) is 49.8 Å². The summed E-state index contributed by atoms with van der Waals surface area (Å²) in [6.45, 7) is 27.8. The Labute approximate surface area is 355 Å². The topological polar surface area (TPSA) is 117 Å². The molecule has 10 atom stereocenters. The van der Waals surface area contributed by atoms with Gasteiger partial charge in [-0.2, -0.15) is 0 Å². The Bertz CT molecular complexity index is 1720. The number of esters is 1. The Morgan fingerprint density at radius 2 is 1.51 bits per heavy atom. The van der Waals surface area contributed by atoms with Crippen molar-refractivity contribution in [3.05, 3.63) is 51.6 Å². The van der Waals surface area contributed by atoms with Crippen molar-refractivity contribution in [1.29, 1.82) is 0 Å². The van der Waals surface area contributed by atoms with E-state index in [0.29, 0.717) is 35.5 Å². The summed E-state index contributed by atoms with van der Waals surface area (Å²) in [5.41, 5.74) is 2.91. The van der Waals surface area contributed by atoms with Crippen molar-refractivity contribution in [3.63, 3.8) is 0 Å². The summed E-state index contributed by atoms with van der Waals surface area (Å²) < 4.78 is 5.98. The molecule has 10 heteroatoms. The van der Waals surface area contributed by atoms with E-state index in [1.807, 2.05) is 12.1 Å². The number of hydrogen-bond acceptors (Lipinski definition) is 8. The maximum atomic E-state index is 14.7. The molecular formula is C49H77N5O5. The van der Waals surface area contributed by atoms with E-state index in [2.05, 4.69) is 75.0 Å². The Morgan fingerprint density at radius 1 is 0.847 bits per heavy atom. The summed E-state index contributed by atoms with van der Waals surface area (Å²) in [4.78, 5) is 42.5. The third kappa shape index (κ3) is 8.06. The van der Waals surface area contributed by atoms with Crippen molar-refractivity contribution in [1.82, 2.24) is 20.4 Å². The standard InChI is InChI=1S/C49H77N5O5/c1-34-17-22-49(44(56)51-26-10-28-53-31-29-52(30-32-53)27-9-25-50-33-37-11-13-38(14-12-37)54(57)58)24-23-47(7)39(43(49)35(34)2)15-16-41-46(6)20-19-42(59-36(3)55)45(4,5)40(46)18-21-48(41,47)8/h11-15,34-35,40-43,50H,9-10,16-33H2,1-8H3,(H,51,56)/t34-,35+,40+,41-,42+,43+,46+,47-,48-,49+/m1/s1. The van der Waals surface area contributed by atoms with Gasteiger partial charge in [0.2, 0.25) is 5.91 Å². The maximum Gasteiger partial charge on any atom is 0.302 e. The van der Waals surface area contributed by atoms with Crippen LogP contribution in [0.25, 0.3) is 0 Å². The Morgan fingerprint density at radius 3 is 2.15 bits per heavy atom. The van der Waals surface area contributed by atoms with E-state index < -0.39 is 0 Å². The molecule has 5 aliphatic carbocycles. The predicted molar refractivity (Wildman–Crippen MR) is 234 cm³/mol. The number of nitro benzene ring substituents is 1. The zero-order valence-corrected chi connectivity index (χ0v) is 37.9. The molecule has 0 unspecified atom stereocenters. The molecule has 1 aromatic carbocycles. The molecule has 1 amide bonds. The minimum absolute atomic E-state index is 0.00840. The Balaban J connectivity index is 0.919. The van der Waals surface area contributed by atoms with Crippen LogP contribution in [0.15, 0.2) is 35.9 Å². The first kappa shape index (κ1) is 44.2. The van der Waals surface area contributed by atoms with Gasteiger partial charge in [-0.05, 0) is 142 Å². The molecule has 1 aliphatic heterocycles. The summed E-state index contributed by atoms with van der Waals surface area (Å²) in [6, 6.07) is 6.78. The van der Waals surface area contributed by atoms with Crippen LogP contribution in [0, 0.1) is 66.8 Å². The largest absolute Gasteiger partial charge is 0.462 e. The number of nitrogens with zero attached hydrogens (tertiary/aromatic N) is 3. The van der Waals surface area contributed by atoms with Crippen LogP contribution in [0.5, 0.6) is 0 Å². The lowest BCUT2D eigenvalue weighted by Gasteiger charge is -2.71. The van der Waals surface area contributed by atoms with Gasteiger partial charge in [0.1, 0.15) is 6.10 Å². The van der Waals surface area contributed by atoms with Crippen molar-refractivity contribution in [2.45, 2.75) is 139 Å². The Kier molecular flexibility index (Phi) is 12.9. The molecule has 1 aromatic rings. The molecule has 0 bridgehead atoms. The van der Waals surface area contributed by atoms with E-state index in [0.717, 1.165) is 122 Å². The molecule has 1 saturated heterocycles. The minimum Gasteiger partial charge on any atom is -0.462 e. The first-order chi connectivity index (χ1) is 28.0. The highest BCUT2D eigenvalue weighted by Crippen LogP contribution is 2.76. The number of hydrogen-bond donors (Lipinski definition) is 2. The van der Waals surface area contributed by atoms with Crippen LogP contribution in [0.4, 0.5) is 5.69 Å². The lowest BCUT2D eigenvalue weighted by Crippen LogP contribution is -2.66. The smallest absolute Gasteiger partial charge is 0.302 e. The number of allylic oxidation sites excluding steroid dienone is 2. The van der Waals surface area contributed by atoms with Crippen molar-refractivity contribution in [2.75, 3.05) is 52.4 Å². The van der Waals surface area contributed by atoms with Gasteiger partial charge >= 0.3 is 5.97 Å². The van der Waals surface area contributed by atoms with E-state index in [4.69, 9.17) is 4.74 Å². The zero-order chi connectivity index (χ0) is 42.4. The van der Waals surface area contributed by atoms with E-state index in [1.54, 1.807) is 24.6 Å². The average molecular weight is 816 g/mol. The molecule has 5 fully saturated rings. The predicted octanol–water partition coefficient (Wildman–Crippen LogP) is 8.79. The lowest BCUT2D eigenvalue weighted by molar-refractivity contribution is -0.384. The van der Waals surface area contributed by atoms with Crippen LogP contribution in [0.1, 0.15) is 132 Å². The van der Waals surface area contributed by atoms with Crippen molar-refractivity contribution in [2.24, 2.45) is 56.7 Å².